The van der Waals surface area contributed by atoms with Crippen molar-refractivity contribution < 1.29 is 13.9 Å². The molecular formula is C19H15NO4. The molecule has 0 aliphatic carbocycles. The first-order valence-corrected chi connectivity index (χ1v) is 7.42. The molecule has 0 atom stereocenters. The lowest BCUT2D eigenvalue weighted by Gasteiger charge is -2.06. The van der Waals surface area contributed by atoms with Gasteiger partial charge >= 0.3 is 5.91 Å². The van der Waals surface area contributed by atoms with Gasteiger partial charge in [-0.15, -0.1) is 4.91 Å². The van der Waals surface area contributed by atoms with Gasteiger partial charge < -0.3 is 9.15 Å². The van der Waals surface area contributed by atoms with Crippen LogP contribution in [0.1, 0.15) is 21.9 Å². The Morgan fingerprint density at radius 2 is 1.58 bits per heavy atom. The van der Waals surface area contributed by atoms with Crippen molar-refractivity contribution in [2.75, 3.05) is 0 Å². The van der Waals surface area contributed by atoms with Crippen molar-refractivity contribution in [2.45, 2.75) is 13.5 Å². The van der Waals surface area contributed by atoms with Crippen molar-refractivity contribution in [1.82, 2.24) is 0 Å². The Morgan fingerprint density at radius 1 is 0.958 bits per heavy atom. The molecule has 0 aliphatic rings. The number of amides is 1. The summed E-state index contributed by atoms with van der Waals surface area (Å²) in [6.45, 7) is 2.22. The van der Waals surface area contributed by atoms with Crippen LogP contribution in [0.15, 0.2) is 70.3 Å². The molecule has 1 aromatic heterocycles. The maximum atomic E-state index is 11.1. The summed E-state index contributed by atoms with van der Waals surface area (Å²) in [7, 11) is 0. The van der Waals surface area contributed by atoms with Crippen LogP contribution in [0.25, 0.3) is 11.1 Å². The van der Waals surface area contributed by atoms with Gasteiger partial charge in [-0.2, -0.15) is 0 Å². The first-order valence-electron chi connectivity index (χ1n) is 7.42. The Labute approximate surface area is 138 Å². The average Bonchev–Trinajstić information content (AvgIpc) is 3.09. The minimum atomic E-state index is -0.927. The van der Waals surface area contributed by atoms with E-state index in [1.165, 1.54) is 11.6 Å². The Morgan fingerprint density at radius 3 is 2.21 bits per heavy atom. The molecule has 0 N–H and O–H groups in total. The number of hydrogen-bond donors (Lipinski definition) is 0. The van der Waals surface area contributed by atoms with Crippen LogP contribution in [-0.4, -0.2) is 5.91 Å². The van der Waals surface area contributed by atoms with Crippen molar-refractivity contribution in [3.05, 3.63) is 82.7 Å². The molecule has 2 aromatic carbocycles. The van der Waals surface area contributed by atoms with Crippen LogP contribution in [-0.2, 0) is 6.61 Å². The van der Waals surface area contributed by atoms with Crippen molar-refractivity contribution in [3.8, 4) is 16.9 Å². The van der Waals surface area contributed by atoms with Crippen LogP contribution in [0.5, 0.6) is 5.75 Å². The molecule has 5 heteroatoms. The summed E-state index contributed by atoms with van der Waals surface area (Å²) in [6.07, 6.45) is 0. The highest BCUT2D eigenvalue weighted by Gasteiger charge is 2.11. The number of aryl methyl sites for hydroxylation is 1. The summed E-state index contributed by atoms with van der Waals surface area (Å²) >= 11 is 0. The van der Waals surface area contributed by atoms with Crippen LogP contribution in [0.4, 0.5) is 0 Å². The zero-order valence-corrected chi connectivity index (χ0v) is 13.1. The fourth-order valence-corrected chi connectivity index (χ4v) is 2.26. The van der Waals surface area contributed by atoms with E-state index in [2.05, 4.69) is 36.4 Å². The molecule has 0 unspecified atom stereocenters. The van der Waals surface area contributed by atoms with Crippen LogP contribution in [0, 0.1) is 11.8 Å². The van der Waals surface area contributed by atoms with E-state index in [4.69, 9.17) is 9.15 Å². The first-order chi connectivity index (χ1) is 11.7. The summed E-state index contributed by atoms with van der Waals surface area (Å²) in [4.78, 5) is 21.3. The second-order valence-corrected chi connectivity index (χ2v) is 5.34. The maximum Gasteiger partial charge on any atom is 0.351 e. The highest BCUT2D eigenvalue weighted by atomic mass is 16.5. The van der Waals surface area contributed by atoms with Gasteiger partial charge in [0.15, 0.2) is 5.76 Å². The topological polar surface area (TPSA) is 68.9 Å². The number of benzene rings is 2. The molecule has 24 heavy (non-hydrogen) atoms. The molecule has 1 heterocycles. The fourth-order valence-electron chi connectivity index (χ4n) is 2.26. The van der Waals surface area contributed by atoms with Gasteiger partial charge in [-0.05, 0) is 42.3 Å². The zero-order valence-electron chi connectivity index (χ0n) is 13.1. The van der Waals surface area contributed by atoms with Crippen LogP contribution in [0.2, 0.25) is 0 Å². The van der Waals surface area contributed by atoms with Gasteiger partial charge in [-0.25, -0.2) is 0 Å². The number of carbonyl (C=O) groups excluding carboxylic acids is 1. The normalized spacial score (nSPS) is 10.4. The van der Waals surface area contributed by atoms with Crippen molar-refractivity contribution >= 4 is 5.91 Å². The van der Waals surface area contributed by atoms with Crippen molar-refractivity contribution in [1.29, 1.82) is 0 Å². The second kappa shape index (κ2) is 6.91. The van der Waals surface area contributed by atoms with Gasteiger partial charge in [0.1, 0.15) is 18.1 Å². The van der Waals surface area contributed by atoms with Gasteiger partial charge in [0.25, 0.3) is 0 Å². The van der Waals surface area contributed by atoms with Gasteiger partial charge in [0.05, 0.1) is 0 Å². The van der Waals surface area contributed by atoms with Gasteiger partial charge in [0, 0.05) is 5.18 Å². The van der Waals surface area contributed by atoms with Crippen molar-refractivity contribution in [2.24, 2.45) is 5.18 Å². The fraction of sp³-hybridized carbons (Fsp3) is 0.105. The number of rotatable bonds is 5. The summed E-state index contributed by atoms with van der Waals surface area (Å²) in [5.41, 5.74) is 3.47. The molecular weight excluding hydrogens is 306 g/mol. The summed E-state index contributed by atoms with van der Waals surface area (Å²) < 4.78 is 10.8. The van der Waals surface area contributed by atoms with E-state index in [-0.39, 0.29) is 12.4 Å². The molecule has 3 rings (SSSR count). The lowest BCUT2D eigenvalue weighted by atomic mass is 10.0. The molecule has 0 spiro atoms. The molecule has 0 bridgehead atoms. The van der Waals surface area contributed by atoms with Crippen LogP contribution >= 0.6 is 0 Å². The van der Waals surface area contributed by atoms with Crippen LogP contribution in [0.3, 0.4) is 0 Å². The molecule has 0 aliphatic heterocycles. The summed E-state index contributed by atoms with van der Waals surface area (Å²) in [5.74, 6) is 0.121. The lowest BCUT2D eigenvalue weighted by Crippen LogP contribution is -1.94. The number of hydrogen-bond acceptors (Lipinski definition) is 4. The van der Waals surface area contributed by atoms with E-state index < -0.39 is 5.91 Å². The molecule has 5 nitrogen and oxygen atoms in total. The quantitative estimate of drug-likeness (QED) is 0.636. The Bertz CT molecular complexity index is 848. The minimum Gasteiger partial charge on any atom is -0.486 e. The lowest BCUT2D eigenvalue weighted by molar-refractivity contribution is 0.0970. The first kappa shape index (κ1) is 15.7. The number of nitroso groups, excluding NO2 is 1. The average molecular weight is 321 g/mol. The standard InChI is InChI=1S/C19H15NO4/c1-13-2-4-14(5-3-13)15-6-8-16(9-7-15)23-12-17-10-11-18(24-17)19(21)20-22/h2-11H,12H2,1H3. The number of furan rings is 1. The van der Waals surface area contributed by atoms with E-state index in [1.807, 2.05) is 24.3 Å². The third kappa shape index (κ3) is 3.57. The Balaban J connectivity index is 1.64. The number of ether oxygens (including phenoxy) is 1. The molecule has 0 fully saturated rings. The van der Waals surface area contributed by atoms with E-state index >= 15 is 0 Å². The third-order valence-corrected chi connectivity index (χ3v) is 3.58. The predicted molar refractivity (Wildman–Crippen MR) is 89.8 cm³/mol. The minimum absolute atomic E-state index is 0.0849. The van der Waals surface area contributed by atoms with Crippen molar-refractivity contribution in [3.63, 3.8) is 0 Å². The van der Waals surface area contributed by atoms with Gasteiger partial charge in [-0.1, -0.05) is 42.0 Å². The smallest absolute Gasteiger partial charge is 0.351 e. The number of carbonyl (C=O) groups is 1. The van der Waals surface area contributed by atoms with Gasteiger partial charge in [-0.3, -0.25) is 4.79 Å². The van der Waals surface area contributed by atoms with E-state index in [0.717, 1.165) is 11.1 Å². The highest BCUT2D eigenvalue weighted by molar-refractivity contribution is 5.92. The largest absolute Gasteiger partial charge is 0.486 e. The predicted octanol–water partition coefficient (Wildman–Crippen LogP) is 4.74. The van der Waals surface area contributed by atoms with E-state index in [9.17, 15) is 9.70 Å². The van der Waals surface area contributed by atoms with Crippen LogP contribution < -0.4 is 4.74 Å². The SMILES string of the molecule is Cc1ccc(-c2ccc(OCc3ccc(C(=O)N=O)o3)cc2)cc1. The van der Waals surface area contributed by atoms with E-state index in [1.54, 1.807) is 6.07 Å². The molecule has 0 saturated heterocycles. The molecule has 1 amide bonds. The monoisotopic (exact) mass is 321 g/mol. The highest BCUT2D eigenvalue weighted by Crippen LogP contribution is 2.23. The Hall–Kier alpha value is -3.21. The number of nitrogens with zero attached hydrogens (tertiary/aromatic N) is 1. The molecule has 120 valence electrons. The second-order valence-electron chi connectivity index (χ2n) is 5.34. The summed E-state index contributed by atoms with van der Waals surface area (Å²) in [6, 6.07) is 19.0. The van der Waals surface area contributed by atoms with E-state index in [0.29, 0.717) is 11.5 Å². The summed E-state index contributed by atoms with van der Waals surface area (Å²) in [5, 5.41) is 2.31. The third-order valence-electron chi connectivity index (χ3n) is 3.58. The zero-order chi connectivity index (χ0) is 16.9. The maximum absolute atomic E-state index is 11.1. The molecule has 0 saturated carbocycles. The molecule has 0 radical (unpaired) electrons. The van der Waals surface area contributed by atoms with Gasteiger partial charge in [0.2, 0.25) is 0 Å². The molecule has 3 aromatic rings. The Kier molecular flexibility index (Phi) is 4.52.